The van der Waals surface area contributed by atoms with Crippen molar-refractivity contribution in [3.05, 3.63) is 80.1 Å². The van der Waals surface area contributed by atoms with Gasteiger partial charge in [-0.2, -0.15) is 0 Å². The summed E-state index contributed by atoms with van der Waals surface area (Å²) < 4.78 is 6.85. The number of benzene rings is 2. The Morgan fingerprint density at radius 2 is 1.64 bits per heavy atom. The molecular weight excluding hydrogens is 405 g/mol. The van der Waals surface area contributed by atoms with Crippen LogP contribution in [0.1, 0.15) is 20.7 Å². The van der Waals surface area contributed by atoms with E-state index in [4.69, 9.17) is 33.7 Å². The molecule has 0 spiro atoms. The van der Waals surface area contributed by atoms with Crippen LogP contribution < -0.4 is 21.3 Å². The Bertz CT molecular complexity index is 1200. The number of fused-ring (bicyclic) bond motifs is 1. The molecule has 4 rings (SSSR count). The number of pyridine rings is 1. The molecule has 140 valence electrons. The normalized spacial score (nSPS) is 12.6. The predicted molar refractivity (Wildman–Crippen MR) is 105 cm³/mol. The van der Waals surface area contributed by atoms with Crippen molar-refractivity contribution in [2.45, 2.75) is 0 Å². The number of rotatable bonds is 3. The lowest BCUT2D eigenvalue weighted by molar-refractivity contribution is 0.0880. The number of hydrogen-bond acceptors (Lipinski definition) is 5. The van der Waals surface area contributed by atoms with E-state index in [1.165, 1.54) is 0 Å². The van der Waals surface area contributed by atoms with Crippen molar-refractivity contribution in [1.82, 2.24) is 9.88 Å². The predicted octanol–water partition coefficient (Wildman–Crippen LogP) is 3.40. The molecule has 0 bridgehead atoms. The van der Waals surface area contributed by atoms with Crippen LogP contribution in [0.25, 0.3) is 5.69 Å². The second-order valence-electron chi connectivity index (χ2n) is 5.95. The Kier molecular flexibility index (Phi) is 4.33. The number of nitrogens with one attached hydrogen (secondary N) is 1. The average molecular weight is 416 g/mol. The molecule has 3 aromatic rings. The maximum atomic E-state index is 12.4. The molecule has 2 aromatic carbocycles. The Morgan fingerprint density at radius 1 is 0.929 bits per heavy atom. The molecule has 3 N–H and O–H groups in total. The maximum Gasteiger partial charge on any atom is 0.262 e. The van der Waals surface area contributed by atoms with Gasteiger partial charge in [0.25, 0.3) is 17.4 Å². The molecule has 2 amide bonds. The van der Waals surface area contributed by atoms with Gasteiger partial charge < -0.3 is 10.5 Å². The molecule has 0 radical (unpaired) electrons. The molecule has 7 nitrogen and oxygen atoms in total. The number of aromatic nitrogens is 1. The second kappa shape index (κ2) is 6.70. The molecule has 1 aliphatic heterocycles. The number of nitrogen functional groups attached to an aromatic ring is 1. The topological polar surface area (TPSA) is 103 Å². The van der Waals surface area contributed by atoms with Crippen LogP contribution in [0.2, 0.25) is 10.0 Å². The molecule has 0 unspecified atom stereocenters. The van der Waals surface area contributed by atoms with Crippen LogP contribution >= 0.6 is 23.2 Å². The quantitative estimate of drug-likeness (QED) is 0.637. The van der Waals surface area contributed by atoms with Gasteiger partial charge in [0.1, 0.15) is 17.3 Å². The number of hydrogen-bond donors (Lipinski definition) is 2. The third-order valence-electron chi connectivity index (χ3n) is 4.17. The molecule has 2 heterocycles. The van der Waals surface area contributed by atoms with E-state index in [0.717, 1.165) is 10.6 Å². The van der Waals surface area contributed by atoms with Gasteiger partial charge in [-0.1, -0.05) is 23.2 Å². The molecule has 0 fully saturated rings. The molecule has 0 saturated heterocycles. The highest BCUT2D eigenvalue weighted by Gasteiger charge is 2.31. The van der Waals surface area contributed by atoms with Gasteiger partial charge in [0.2, 0.25) is 0 Å². The summed E-state index contributed by atoms with van der Waals surface area (Å²) in [6, 6.07) is 12.4. The Morgan fingerprint density at radius 3 is 2.32 bits per heavy atom. The van der Waals surface area contributed by atoms with Crippen molar-refractivity contribution < 1.29 is 14.3 Å². The Labute approximate surface area is 168 Å². The number of halogens is 2. The minimum absolute atomic E-state index is 0.0159. The summed E-state index contributed by atoms with van der Waals surface area (Å²) in [5.41, 5.74) is 5.84. The molecule has 1 aromatic heterocycles. The monoisotopic (exact) mass is 415 g/mol. The van der Waals surface area contributed by atoms with Crippen molar-refractivity contribution in [3.8, 4) is 17.2 Å². The molecule has 28 heavy (non-hydrogen) atoms. The lowest BCUT2D eigenvalue weighted by Gasteiger charge is -2.13. The third-order valence-corrected chi connectivity index (χ3v) is 4.70. The lowest BCUT2D eigenvalue weighted by Crippen LogP contribution is -2.24. The van der Waals surface area contributed by atoms with Crippen molar-refractivity contribution in [2.24, 2.45) is 0 Å². The van der Waals surface area contributed by atoms with E-state index in [2.05, 4.69) is 5.32 Å². The molecule has 0 aliphatic carbocycles. The van der Waals surface area contributed by atoms with Gasteiger partial charge in [-0.15, -0.1) is 0 Å². The fourth-order valence-electron chi connectivity index (χ4n) is 2.89. The largest absolute Gasteiger partial charge is 0.456 e. The fourth-order valence-corrected chi connectivity index (χ4v) is 3.34. The van der Waals surface area contributed by atoms with Crippen molar-refractivity contribution >= 4 is 40.8 Å². The van der Waals surface area contributed by atoms with Crippen LogP contribution in [-0.4, -0.2) is 16.4 Å². The van der Waals surface area contributed by atoms with Crippen LogP contribution in [0.4, 0.5) is 5.82 Å². The highest BCUT2D eigenvalue weighted by Crippen LogP contribution is 2.32. The van der Waals surface area contributed by atoms with Crippen molar-refractivity contribution in [1.29, 1.82) is 0 Å². The highest BCUT2D eigenvalue weighted by molar-refractivity contribution is 6.35. The standard InChI is InChI=1S/C19H11Cl2N3O4/c20-9-1-6-14(13(21)7-9)28-11-4-2-10(3-5-11)24-15(25)8-12-16(17(24)22)19(27)23-18(12)26/h1-8H,22H2,(H,23,26,27). The van der Waals surface area contributed by atoms with Crippen molar-refractivity contribution in [2.75, 3.05) is 5.73 Å². The second-order valence-corrected chi connectivity index (χ2v) is 6.79. The van der Waals surface area contributed by atoms with E-state index in [0.29, 0.717) is 27.2 Å². The van der Waals surface area contributed by atoms with Crippen LogP contribution in [0.3, 0.4) is 0 Å². The molecule has 1 aliphatic rings. The van der Waals surface area contributed by atoms with Gasteiger partial charge in [-0.3, -0.25) is 24.3 Å². The number of carbonyl (C=O) groups excluding carboxylic acids is 2. The number of anilines is 1. The lowest BCUT2D eigenvalue weighted by atomic mass is 10.1. The van der Waals surface area contributed by atoms with E-state index in [1.807, 2.05) is 0 Å². The zero-order valence-corrected chi connectivity index (χ0v) is 15.5. The van der Waals surface area contributed by atoms with E-state index in [9.17, 15) is 14.4 Å². The summed E-state index contributed by atoms with van der Waals surface area (Å²) in [6.07, 6.45) is 0. The molecule has 9 heteroatoms. The van der Waals surface area contributed by atoms with Crippen LogP contribution in [0, 0.1) is 0 Å². The number of ether oxygens (including phenoxy) is 1. The van der Waals surface area contributed by atoms with Crippen molar-refractivity contribution in [3.63, 3.8) is 0 Å². The number of nitrogens with two attached hydrogens (primary N) is 1. The van der Waals surface area contributed by atoms with Gasteiger partial charge in [-0.25, -0.2) is 0 Å². The first-order chi connectivity index (χ1) is 13.3. The minimum atomic E-state index is -0.639. The molecule has 0 atom stereocenters. The van der Waals surface area contributed by atoms with Crippen LogP contribution in [-0.2, 0) is 0 Å². The first kappa shape index (κ1) is 18.1. The fraction of sp³-hybridized carbons (Fsp3) is 0. The maximum absolute atomic E-state index is 12.4. The molecular formula is C19H11Cl2N3O4. The van der Waals surface area contributed by atoms with Gasteiger partial charge in [0.15, 0.2) is 0 Å². The Hall–Kier alpha value is -3.29. The Balaban J connectivity index is 1.70. The molecule has 0 saturated carbocycles. The minimum Gasteiger partial charge on any atom is -0.456 e. The summed E-state index contributed by atoms with van der Waals surface area (Å²) >= 11 is 12.0. The van der Waals surface area contributed by atoms with E-state index < -0.39 is 17.4 Å². The third kappa shape index (κ3) is 3.00. The van der Waals surface area contributed by atoms with Gasteiger partial charge >= 0.3 is 0 Å². The average Bonchev–Trinajstić information content (AvgIpc) is 2.92. The van der Waals surface area contributed by atoms with E-state index in [-0.39, 0.29) is 16.9 Å². The number of amides is 2. The van der Waals surface area contributed by atoms with Gasteiger partial charge in [0.05, 0.1) is 21.8 Å². The van der Waals surface area contributed by atoms with Gasteiger partial charge in [-0.05, 0) is 42.5 Å². The number of nitrogens with zero attached hydrogens (tertiary/aromatic N) is 1. The first-order valence-electron chi connectivity index (χ1n) is 7.99. The number of carbonyl (C=O) groups is 2. The summed E-state index contributed by atoms with van der Waals surface area (Å²) in [4.78, 5) is 36.1. The number of imide groups is 1. The van der Waals surface area contributed by atoms with Crippen LogP contribution in [0.15, 0.2) is 53.3 Å². The summed E-state index contributed by atoms with van der Waals surface area (Å²) in [5.74, 6) is -0.500. The summed E-state index contributed by atoms with van der Waals surface area (Å²) in [6.45, 7) is 0. The van der Waals surface area contributed by atoms with Crippen LogP contribution in [0.5, 0.6) is 11.5 Å². The van der Waals surface area contributed by atoms with E-state index in [1.54, 1.807) is 42.5 Å². The summed E-state index contributed by atoms with van der Waals surface area (Å²) in [7, 11) is 0. The zero-order valence-electron chi connectivity index (χ0n) is 14.0. The highest BCUT2D eigenvalue weighted by atomic mass is 35.5. The first-order valence-corrected chi connectivity index (χ1v) is 8.75. The van der Waals surface area contributed by atoms with Gasteiger partial charge in [0, 0.05) is 11.1 Å². The SMILES string of the molecule is Nc1c2c(cc(=O)n1-c1ccc(Oc3ccc(Cl)cc3Cl)cc1)C(=O)NC2=O. The van der Waals surface area contributed by atoms with E-state index >= 15 is 0 Å². The smallest absolute Gasteiger partial charge is 0.262 e. The summed E-state index contributed by atoms with van der Waals surface area (Å²) in [5, 5.41) is 2.96. The zero-order chi connectivity index (χ0) is 20.0.